The molecular weight excluding hydrogens is 264 g/mol. The van der Waals surface area contributed by atoms with Gasteiger partial charge in [-0.15, -0.1) is 0 Å². The summed E-state index contributed by atoms with van der Waals surface area (Å²) in [4.78, 5) is 6.67. The van der Waals surface area contributed by atoms with E-state index in [9.17, 15) is 5.11 Å². The van der Waals surface area contributed by atoms with Gasteiger partial charge in [-0.1, -0.05) is 18.2 Å². The number of hydrogen-bond donors (Lipinski definition) is 1. The van der Waals surface area contributed by atoms with Crippen LogP contribution >= 0.6 is 0 Å². The molecule has 0 aliphatic heterocycles. The van der Waals surface area contributed by atoms with Crippen molar-refractivity contribution < 1.29 is 9.52 Å². The molecule has 0 bridgehead atoms. The molecule has 0 amide bonds. The number of furan rings is 1. The van der Waals surface area contributed by atoms with E-state index < -0.39 is 0 Å². The highest BCUT2D eigenvalue weighted by Gasteiger charge is 2.12. The fraction of sp³-hybridized carbons (Fsp3) is 0.235. The molecule has 0 spiro atoms. The summed E-state index contributed by atoms with van der Waals surface area (Å²) in [6, 6.07) is 13.8. The molecule has 2 aromatic heterocycles. The molecule has 2 heterocycles. The normalized spacial score (nSPS) is 11.0. The molecule has 3 aromatic rings. The second-order valence-corrected chi connectivity index (χ2v) is 5.19. The zero-order chi connectivity index (χ0) is 14.8. The Labute approximate surface area is 123 Å². The van der Waals surface area contributed by atoms with Crippen LogP contribution in [0.4, 0.5) is 5.82 Å². The number of rotatable bonds is 4. The SMILES string of the molecule is Cc1ccc(CN(C)c2nc3ccccc3cc2CO)o1. The van der Waals surface area contributed by atoms with Crippen LogP contribution in [0.3, 0.4) is 0 Å². The first-order chi connectivity index (χ1) is 10.2. The Morgan fingerprint density at radius 3 is 2.71 bits per heavy atom. The van der Waals surface area contributed by atoms with Crippen molar-refractivity contribution in [3.8, 4) is 0 Å². The van der Waals surface area contributed by atoms with Crippen molar-refractivity contribution in [3.05, 3.63) is 59.5 Å². The summed E-state index contributed by atoms with van der Waals surface area (Å²) in [5.41, 5.74) is 1.74. The van der Waals surface area contributed by atoms with Gasteiger partial charge in [-0.3, -0.25) is 0 Å². The molecule has 0 aliphatic carbocycles. The van der Waals surface area contributed by atoms with Crippen molar-refractivity contribution >= 4 is 16.7 Å². The number of nitrogens with zero attached hydrogens (tertiary/aromatic N) is 2. The molecule has 0 aliphatic rings. The molecule has 0 saturated heterocycles. The highest BCUT2D eigenvalue weighted by molar-refractivity contribution is 5.81. The molecule has 0 radical (unpaired) electrons. The smallest absolute Gasteiger partial charge is 0.134 e. The summed E-state index contributed by atoms with van der Waals surface area (Å²) in [6.07, 6.45) is 0. The minimum atomic E-state index is -0.0330. The van der Waals surface area contributed by atoms with E-state index in [1.165, 1.54) is 0 Å². The number of aromatic nitrogens is 1. The maximum Gasteiger partial charge on any atom is 0.134 e. The van der Waals surface area contributed by atoms with E-state index in [-0.39, 0.29) is 6.61 Å². The largest absolute Gasteiger partial charge is 0.464 e. The fourth-order valence-corrected chi connectivity index (χ4v) is 2.48. The number of anilines is 1. The summed E-state index contributed by atoms with van der Waals surface area (Å²) >= 11 is 0. The molecule has 1 N–H and O–H groups in total. The summed E-state index contributed by atoms with van der Waals surface area (Å²) in [6.45, 7) is 2.51. The van der Waals surface area contributed by atoms with Crippen LogP contribution < -0.4 is 4.90 Å². The van der Waals surface area contributed by atoms with Gasteiger partial charge in [0.25, 0.3) is 0 Å². The standard InChI is InChI=1S/C17H18N2O2/c1-12-7-8-15(21-12)10-19(2)17-14(11-20)9-13-5-3-4-6-16(13)18-17/h3-9,20H,10-11H2,1-2H3. The first kappa shape index (κ1) is 13.6. The molecule has 0 saturated carbocycles. The lowest BCUT2D eigenvalue weighted by Crippen LogP contribution is -2.19. The van der Waals surface area contributed by atoms with Gasteiger partial charge in [0, 0.05) is 18.0 Å². The van der Waals surface area contributed by atoms with Gasteiger partial charge in [-0.2, -0.15) is 0 Å². The van der Waals surface area contributed by atoms with Gasteiger partial charge in [0.1, 0.15) is 17.3 Å². The monoisotopic (exact) mass is 282 g/mol. The van der Waals surface area contributed by atoms with E-state index in [2.05, 4.69) is 4.98 Å². The van der Waals surface area contributed by atoms with Crippen LogP contribution in [0, 0.1) is 6.92 Å². The number of hydrogen-bond acceptors (Lipinski definition) is 4. The van der Waals surface area contributed by atoms with Crippen LogP contribution in [0.1, 0.15) is 17.1 Å². The van der Waals surface area contributed by atoms with Crippen molar-refractivity contribution in [2.45, 2.75) is 20.1 Å². The Morgan fingerprint density at radius 2 is 2.00 bits per heavy atom. The molecule has 0 unspecified atom stereocenters. The van der Waals surface area contributed by atoms with Gasteiger partial charge in [0.2, 0.25) is 0 Å². The lowest BCUT2D eigenvalue weighted by atomic mass is 10.1. The number of benzene rings is 1. The van der Waals surface area contributed by atoms with Crippen molar-refractivity contribution in [1.82, 2.24) is 4.98 Å². The number of pyridine rings is 1. The van der Waals surface area contributed by atoms with Crippen molar-refractivity contribution in [2.75, 3.05) is 11.9 Å². The summed E-state index contributed by atoms with van der Waals surface area (Å²) in [5.74, 6) is 2.56. The number of fused-ring (bicyclic) bond motifs is 1. The van der Waals surface area contributed by atoms with Gasteiger partial charge in [-0.05, 0) is 31.2 Å². The van der Waals surface area contributed by atoms with E-state index in [4.69, 9.17) is 4.42 Å². The van der Waals surface area contributed by atoms with E-state index in [1.807, 2.05) is 61.3 Å². The van der Waals surface area contributed by atoms with Gasteiger partial charge in [0.05, 0.1) is 18.7 Å². The summed E-state index contributed by atoms with van der Waals surface area (Å²) < 4.78 is 5.60. The topological polar surface area (TPSA) is 49.5 Å². The highest BCUT2D eigenvalue weighted by Crippen LogP contribution is 2.24. The molecule has 4 nitrogen and oxygen atoms in total. The third kappa shape index (κ3) is 2.76. The van der Waals surface area contributed by atoms with Crippen molar-refractivity contribution in [1.29, 1.82) is 0 Å². The number of aliphatic hydroxyl groups excluding tert-OH is 1. The lowest BCUT2D eigenvalue weighted by molar-refractivity contribution is 0.282. The molecule has 1 aromatic carbocycles. The maximum absolute atomic E-state index is 9.61. The molecule has 108 valence electrons. The molecule has 21 heavy (non-hydrogen) atoms. The minimum absolute atomic E-state index is 0.0330. The second kappa shape index (κ2) is 5.58. The minimum Gasteiger partial charge on any atom is -0.464 e. The van der Waals surface area contributed by atoms with Crippen molar-refractivity contribution in [2.24, 2.45) is 0 Å². The van der Waals surface area contributed by atoms with E-state index in [0.29, 0.717) is 6.54 Å². The molecule has 0 fully saturated rings. The molecule has 4 heteroatoms. The summed E-state index contributed by atoms with van der Waals surface area (Å²) in [7, 11) is 1.95. The highest BCUT2D eigenvalue weighted by atomic mass is 16.3. The molecule has 0 atom stereocenters. The predicted molar refractivity (Wildman–Crippen MR) is 83.2 cm³/mol. The quantitative estimate of drug-likeness (QED) is 0.798. The van der Waals surface area contributed by atoms with Crippen LogP contribution in [-0.4, -0.2) is 17.1 Å². The Hall–Kier alpha value is -2.33. The van der Waals surface area contributed by atoms with Gasteiger partial charge in [0.15, 0.2) is 0 Å². The zero-order valence-corrected chi connectivity index (χ0v) is 12.2. The van der Waals surface area contributed by atoms with Crippen LogP contribution in [0.2, 0.25) is 0 Å². The maximum atomic E-state index is 9.61. The third-order valence-electron chi connectivity index (χ3n) is 3.50. The number of para-hydroxylation sites is 1. The van der Waals surface area contributed by atoms with Gasteiger partial charge < -0.3 is 14.4 Å². The van der Waals surface area contributed by atoms with Crippen LogP contribution in [-0.2, 0) is 13.2 Å². The predicted octanol–water partition coefficient (Wildman–Crippen LogP) is 3.26. The molecular formula is C17H18N2O2. The molecule has 3 rings (SSSR count). The average molecular weight is 282 g/mol. The second-order valence-electron chi connectivity index (χ2n) is 5.19. The number of aryl methyl sites for hydroxylation is 1. The van der Waals surface area contributed by atoms with E-state index in [1.54, 1.807) is 0 Å². The number of aliphatic hydroxyl groups is 1. The third-order valence-corrected chi connectivity index (χ3v) is 3.50. The average Bonchev–Trinajstić information content (AvgIpc) is 2.90. The van der Waals surface area contributed by atoms with Crippen molar-refractivity contribution in [3.63, 3.8) is 0 Å². The van der Waals surface area contributed by atoms with Crippen LogP contribution in [0.25, 0.3) is 10.9 Å². The summed E-state index contributed by atoms with van der Waals surface area (Å²) in [5, 5.41) is 10.6. The fourth-order valence-electron chi connectivity index (χ4n) is 2.48. The Bertz CT molecular complexity index is 764. The van der Waals surface area contributed by atoms with Crippen LogP contribution in [0.5, 0.6) is 0 Å². The first-order valence-electron chi connectivity index (χ1n) is 6.93. The Kier molecular flexibility index (Phi) is 3.62. The van der Waals surface area contributed by atoms with E-state index >= 15 is 0 Å². The van der Waals surface area contributed by atoms with Crippen LogP contribution in [0.15, 0.2) is 46.9 Å². The van der Waals surface area contributed by atoms with Gasteiger partial charge >= 0.3 is 0 Å². The first-order valence-corrected chi connectivity index (χ1v) is 6.93. The lowest BCUT2D eigenvalue weighted by Gasteiger charge is -2.20. The Balaban J connectivity index is 1.97. The zero-order valence-electron chi connectivity index (χ0n) is 12.2. The Morgan fingerprint density at radius 1 is 1.19 bits per heavy atom. The van der Waals surface area contributed by atoms with E-state index in [0.717, 1.165) is 33.8 Å². The van der Waals surface area contributed by atoms with Gasteiger partial charge in [-0.25, -0.2) is 4.98 Å².